The first kappa shape index (κ1) is 12.1. The van der Waals surface area contributed by atoms with Gasteiger partial charge in [0, 0.05) is 0 Å². The van der Waals surface area contributed by atoms with E-state index < -0.39 is 9.84 Å². The standard InChI is InChI=1S/C14H16O2S/c1-11(2)17(15,16)10-12-7-8-13-5-3-4-6-14(13)9-12/h3-9,11H,10H2,1-2H3. The van der Waals surface area contributed by atoms with E-state index in [9.17, 15) is 8.42 Å². The van der Waals surface area contributed by atoms with Crippen molar-refractivity contribution in [3.05, 3.63) is 48.0 Å². The molecule has 0 fully saturated rings. The second-order valence-corrected chi connectivity index (χ2v) is 7.09. The quantitative estimate of drug-likeness (QED) is 0.836. The lowest BCUT2D eigenvalue weighted by atomic mass is 10.1. The van der Waals surface area contributed by atoms with E-state index in [0.29, 0.717) is 0 Å². The van der Waals surface area contributed by atoms with Crippen molar-refractivity contribution in [1.82, 2.24) is 0 Å². The topological polar surface area (TPSA) is 34.1 Å². The van der Waals surface area contributed by atoms with E-state index in [1.807, 2.05) is 42.5 Å². The van der Waals surface area contributed by atoms with E-state index in [0.717, 1.165) is 16.3 Å². The molecule has 0 aliphatic carbocycles. The molecule has 0 bridgehead atoms. The van der Waals surface area contributed by atoms with Crippen LogP contribution in [0.4, 0.5) is 0 Å². The lowest BCUT2D eigenvalue weighted by Gasteiger charge is -2.08. The zero-order chi connectivity index (χ0) is 12.5. The van der Waals surface area contributed by atoms with Crippen molar-refractivity contribution in [1.29, 1.82) is 0 Å². The van der Waals surface area contributed by atoms with Gasteiger partial charge in [-0.25, -0.2) is 8.42 Å². The Morgan fingerprint density at radius 3 is 2.29 bits per heavy atom. The molecule has 0 radical (unpaired) electrons. The largest absolute Gasteiger partial charge is 0.228 e. The summed E-state index contributed by atoms with van der Waals surface area (Å²) in [4.78, 5) is 0. The summed E-state index contributed by atoms with van der Waals surface area (Å²) in [5, 5.41) is 1.90. The summed E-state index contributed by atoms with van der Waals surface area (Å²) in [5.41, 5.74) is 0.859. The van der Waals surface area contributed by atoms with Crippen LogP contribution in [0, 0.1) is 0 Å². The molecular weight excluding hydrogens is 232 g/mol. The molecule has 0 heterocycles. The molecule has 0 aromatic heterocycles. The first-order valence-corrected chi connectivity index (χ1v) is 7.40. The van der Waals surface area contributed by atoms with Gasteiger partial charge >= 0.3 is 0 Å². The zero-order valence-corrected chi connectivity index (χ0v) is 10.9. The Labute approximate surface area is 102 Å². The monoisotopic (exact) mass is 248 g/mol. The minimum atomic E-state index is -3.02. The minimum absolute atomic E-state index is 0.121. The molecule has 0 amide bonds. The van der Waals surface area contributed by atoms with Crippen molar-refractivity contribution >= 4 is 20.6 Å². The third kappa shape index (κ3) is 2.67. The Hall–Kier alpha value is -1.35. The summed E-state index contributed by atoms with van der Waals surface area (Å²) in [5.74, 6) is 0.121. The van der Waals surface area contributed by atoms with E-state index in [-0.39, 0.29) is 11.0 Å². The maximum atomic E-state index is 11.8. The predicted molar refractivity (Wildman–Crippen MR) is 71.7 cm³/mol. The molecule has 0 unspecified atom stereocenters. The van der Waals surface area contributed by atoms with E-state index in [4.69, 9.17) is 0 Å². The van der Waals surface area contributed by atoms with Gasteiger partial charge in [0.15, 0.2) is 9.84 Å². The lowest BCUT2D eigenvalue weighted by molar-refractivity contribution is 0.586. The molecule has 0 N–H and O–H groups in total. The van der Waals surface area contributed by atoms with Gasteiger partial charge in [-0.3, -0.25) is 0 Å². The molecule has 90 valence electrons. The van der Waals surface area contributed by atoms with Gasteiger partial charge in [-0.15, -0.1) is 0 Å². The van der Waals surface area contributed by atoms with Crippen molar-refractivity contribution in [3.63, 3.8) is 0 Å². The van der Waals surface area contributed by atoms with Gasteiger partial charge in [-0.2, -0.15) is 0 Å². The molecule has 0 aliphatic rings. The first-order valence-electron chi connectivity index (χ1n) is 5.68. The molecule has 2 nitrogen and oxygen atoms in total. The fraction of sp³-hybridized carbons (Fsp3) is 0.286. The molecule has 0 spiro atoms. The Morgan fingerprint density at radius 1 is 1.00 bits per heavy atom. The smallest absolute Gasteiger partial charge is 0.156 e. The molecule has 2 aromatic rings. The predicted octanol–water partition coefficient (Wildman–Crippen LogP) is 3.16. The Morgan fingerprint density at radius 2 is 1.65 bits per heavy atom. The molecule has 0 aliphatic heterocycles. The van der Waals surface area contributed by atoms with Crippen molar-refractivity contribution in [3.8, 4) is 0 Å². The van der Waals surface area contributed by atoms with E-state index in [2.05, 4.69) is 0 Å². The number of hydrogen-bond acceptors (Lipinski definition) is 2. The summed E-state index contributed by atoms with van der Waals surface area (Å²) in [6, 6.07) is 13.8. The van der Waals surface area contributed by atoms with Gasteiger partial charge in [0.2, 0.25) is 0 Å². The van der Waals surface area contributed by atoms with Crippen molar-refractivity contribution in [2.45, 2.75) is 24.9 Å². The molecule has 0 saturated heterocycles. The fourth-order valence-corrected chi connectivity index (χ4v) is 2.71. The highest BCUT2D eigenvalue weighted by Crippen LogP contribution is 2.18. The van der Waals surface area contributed by atoms with E-state index >= 15 is 0 Å². The second-order valence-electron chi connectivity index (χ2n) is 4.54. The summed E-state index contributed by atoms with van der Waals surface area (Å²) < 4.78 is 23.7. The maximum Gasteiger partial charge on any atom is 0.156 e. The van der Waals surface area contributed by atoms with Crippen LogP contribution in [0.25, 0.3) is 10.8 Å². The Balaban J connectivity index is 2.38. The fourth-order valence-electron chi connectivity index (χ4n) is 1.73. The summed E-state index contributed by atoms with van der Waals surface area (Å²) >= 11 is 0. The van der Waals surface area contributed by atoms with Crippen LogP contribution in [0.3, 0.4) is 0 Å². The van der Waals surface area contributed by atoms with Crippen molar-refractivity contribution < 1.29 is 8.42 Å². The third-order valence-electron chi connectivity index (χ3n) is 2.90. The number of rotatable bonds is 3. The van der Waals surface area contributed by atoms with Gasteiger partial charge in [0.25, 0.3) is 0 Å². The van der Waals surface area contributed by atoms with E-state index in [1.54, 1.807) is 13.8 Å². The number of fused-ring (bicyclic) bond motifs is 1. The first-order chi connectivity index (χ1) is 7.99. The van der Waals surface area contributed by atoms with Gasteiger partial charge in [-0.1, -0.05) is 42.5 Å². The molecular formula is C14H16O2S. The molecule has 17 heavy (non-hydrogen) atoms. The van der Waals surface area contributed by atoms with Gasteiger partial charge in [0.1, 0.15) is 0 Å². The number of hydrogen-bond donors (Lipinski definition) is 0. The highest BCUT2D eigenvalue weighted by atomic mass is 32.2. The zero-order valence-electron chi connectivity index (χ0n) is 10.1. The van der Waals surface area contributed by atoms with Crippen LogP contribution in [-0.2, 0) is 15.6 Å². The van der Waals surface area contributed by atoms with Crippen molar-refractivity contribution in [2.24, 2.45) is 0 Å². The Kier molecular flexibility index (Phi) is 3.20. The van der Waals surface area contributed by atoms with Gasteiger partial charge in [0.05, 0.1) is 11.0 Å². The van der Waals surface area contributed by atoms with Crippen LogP contribution in [-0.4, -0.2) is 13.7 Å². The average molecular weight is 248 g/mol. The Bertz CT molecular complexity index is 627. The lowest BCUT2D eigenvalue weighted by Crippen LogP contribution is -2.15. The van der Waals surface area contributed by atoms with Crippen LogP contribution in [0.2, 0.25) is 0 Å². The summed E-state index contributed by atoms with van der Waals surface area (Å²) in [6.07, 6.45) is 0. The van der Waals surface area contributed by atoms with Crippen LogP contribution in [0.1, 0.15) is 19.4 Å². The average Bonchev–Trinajstić information content (AvgIpc) is 2.28. The molecule has 3 heteroatoms. The minimum Gasteiger partial charge on any atom is -0.228 e. The van der Waals surface area contributed by atoms with Gasteiger partial charge < -0.3 is 0 Å². The molecule has 2 aromatic carbocycles. The highest BCUT2D eigenvalue weighted by molar-refractivity contribution is 7.91. The molecule has 2 rings (SSSR count). The van der Waals surface area contributed by atoms with Gasteiger partial charge in [-0.05, 0) is 30.2 Å². The SMILES string of the molecule is CC(C)S(=O)(=O)Cc1ccc2ccccc2c1. The van der Waals surface area contributed by atoms with Crippen molar-refractivity contribution in [2.75, 3.05) is 0 Å². The maximum absolute atomic E-state index is 11.8. The highest BCUT2D eigenvalue weighted by Gasteiger charge is 2.16. The summed E-state index contributed by atoms with van der Waals surface area (Å²) in [6.45, 7) is 3.44. The van der Waals surface area contributed by atoms with Crippen LogP contribution < -0.4 is 0 Å². The summed E-state index contributed by atoms with van der Waals surface area (Å²) in [7, 11) is -3.02. The third-order valence-corrected chi connectivity index (χ3v) is 5.07. The van der Waals surface area contributed by atoms with Crippen LogP contribution in [0.15, 0.2) is 42.5 Å². The van der Waals surface area contributed by atoms with Crippen LogP contribution in [0.5, 0.6) is 0 Å². The molecule has 0 atom stereocenters. The van der Waals surface area contributed by atoms with Crippen LogP contribution >= 0.6 is 0 Å². The second kappa shape index (κ2) is 4.49. The number of sulfone groups is 1. The molecule has 0 saturated carbocycles. The van der Waals surface area contributed by atoms with E-state index in [1.165, 1.54) is 0 Å². The number of benzene rings is 2. The normalized spacial score (nSPS) is 12.2.